The molecule has 3 atom stereocenters. The molecule has 0 aromatic heterocycles. The second-order valence-electron chi connectivity index (χ2n) is 16.4. The summed E-state index contributed by atoms with van der Waals surface area (Å²) in [6.45, 7) is 11.9. The fraction of sp³-hybridized carbons (Fsp3) is 0.222. The molecule has 9 rings (SSSR count). The fourth-order valence-corrected chi connectivity index (χ4v) is 9.83. The van der Waals surface area contributed by atoms with Gasteiger partial charge in [-0.05, 0) is 151 Å². The molecule has 0 heteroatoms. The molecule has 0 N–H and O–H groups in total. The molecule has 0 fully saturated rings. The molecule has 2 aliphatic carbocycles. The smallest absolute Gasteiger partial charge is 0.0158 e. The van der Waals surface area contributed by atoms with Crippen molar-refractivity contribution in [2.24, 2.45) is 0 Å². The third-order valence-electron chi connectivity index (χ3n) is 13.0. The molecule has 0 bridgehead atoms. The van der Waals surface area contributed by atoms with Gasteiger partial charge < -0.3 is 0 Å². The maximum atomic E-state index is 2.59. The van der Waals surface area contributed by atoms with Crippen LogP contribution < -0.4 is 0 Å². The molecule has 0 amide bonds. The Bertz CT molecular complexity index is 2480. The number of fused-ring (bicyclic) bond motifs is 6. The highest BCUT2D eigenvalue weighted by Crippen LogP contribution is 2.52. The van der Waals surface area contributed by atoms with Gasteiger partial charge >= 0.3 is 0 Å². The van der Waals surface area contributed by atoms with E-state index in [1.165, 1.54) is 89.0 Å². The molecule has 54 heavy (non-hydrogen) atoms. The van der Waals surface area contributed by atoms with Crippen molar-refractivity contribution in [2.45, 2.75) is 77.0 Å². The summed E-state index contributed by atoms with van der Waals surface area (Å²) in [5, 5.41) is 0. The molecule has 0 saturated carbocycles. The predicted molar refractivity (Wildman–Crippen MR) is 230 cm³/mol. The number of benzene rings is 7. The van der Waals surface area contributed by atoms with Gasteiger partial charge in [-0.1, -0.05) is 167 Å². The second-order valence-corrected chi connectivity index (χ2v) is 16.4. The molecule has 7 aromatic carbocycles. The third kappa shape index (κ3) is 5.84. The number of hydrogen-bond donors (Lipinski definition) is 0. The van der Waals surface area contributed by atoms with Gasteiger partial charge in [0.2, 0.25) is 0 Å². The van der Waals surface area contributed by atoms with E-state index in [1.54, 1.807) is 0 Å². The maximum absolute atomic E-state index is 2.59. The molecular weight excluding hydrogens is 649 g/mol. The minimum Gasteiger partial charge on any atom is -0.0648 e. The standard InChI is InChI=1S/C54H50/c1-6-38(29-37-17-9-7-10-18-37)49-34-53-51(45-23-15-16-24-52(45)54(53,4)5)33-50(49)46-30-40(26-25-35(46)2)41-27-28-42-32-47(36(3)39-19-11-8-12-20-39)43-21-13-14-22-44(43)48(42)31-41/h7-28,30-31,33-34,36,38,47H,6,29,32H2,1-5H3. The highest BCUT2D eigenvalue weighted by molar-refractivity contribution is 5.88. The first-order valence-electron chi connectivity index (χ1n) is 20.0. The molecule has 7 aromatic rings. The molecule has 0 spiro atoms. The normalized spacial score (nSPS) is 16.1. The van der Waals surface area contributed by atoms with Crippen molar-refractivity contribution in [1.82, 2.24) is 0 Å². The van der Waals surface area contributed by atoms with E-state index in [2.05, 4.69) is 192 Å². The van der Waals surface area contributed by atoms with Gasteiger partial charge in [-0.15, -0.1) is 0 Å². The van der Waals surface area contributed by atoms with E-state index in [9.17, 15) is 0 Å². The van der Waals surface area contributed by atoms with Crippen LogP contribution in [0.2, 0.25) is 0 Å². The van der Waals surface area contributed by atoms with Crippen molar-refractivity contribution in [3.05, 3.63) is 202 Å². The average Bonchev–Trinajstić information content (AvgIpc) is 3.44. The van der Waals surface area contributed by atoms with Gasteiger partial charge in [-0.3, -0.25) is 0 Å². The molecule has 2 aliphatic rings. The van der Waals surface area contributed by atoms with Gasteiger partial charge in [-0.2, -0.15) is 0 Å². The Morgan fingerprint density at radius 2 is 1.22 bits per heavy atom. The maximum Gasteiger partial charge on any atom is 0.0158 e. The zero-order valence-electron chi connectivity index (χ0n) is 32.4. The SMILES string of the molecule is CCC(Cc1ccccc1)c1cc2c(cc1-c1cc(-c3ccc4c(c3)-c3ccccc3C(C(C)c3ccccc3)C4)ccc1C)-c1ccccc1C2(C)C. The fourth-order valence-electron chi connectivity index (χ4n) is 9.83. The second kappa shape index (κ2) is 13.7. The Hall–Kier alpha value is -5.46. The zero-order chi connectivity index (χ0) is 37.0. The topological polar surface area (TPSA) is 0 Å². The van der Waals surface area contributed by atoms with Crippen LogP contribution in [-0.2, 0) is 18.3 Å². The molecular formula is C54H50. The van der Waals surface area contributed by atoms with Crippen LogP contribution in [0, 0.1) is 6.92 Å². The first kappa shape index (κ1) is 34.3. The largest absolute Gasteiger partial charge is 0.0648 e. The lowest BCUT2D eigenvalue weighted by Gasteiger charge is -2.32. The number of hydrogen-bond acceptors (Lipinski definition) is 0. The highest BCUT2D eigenvalue weighted by atomic mass is 14.4. The van der Waals surface area contributed by atoms with Crippen molar-refractivity contribution >= 4 is 0 Å². The van der Waals surface area contributed by atoms with Crippen LogP contribution >= 0.6 is 0 Å². The highest BCUT2D eigenvalue weighted by Gasteiger charge is 2.37. The molecule has 0 aliphatic heterocycles. The molecule has 3 unspecified atom stereocenters. The quantitative estimate of drug-likeness (QED) is 0.148. The van der Waals surface area contributed by atoms with Crippen molar-refractivity contribution in [1.29, 1.82) is 0 Å². The van der Waals surface area contributed by atoms with E-state index in [0.717, 1.165) is 19.3 Å². The molecule has 0 heterocycles. The van der Waals surface area contributed by atoms with E-state index in [-0.39, 0.29) is 5.41 Å². The molecule has 0 saturated heterocycles. The van der Waals surface area contributed by atoms with Crippen LogP contribution in [0.4, 0.5) is 0 Å². The number of aryl methyl sites for hydroxylation is 1. The van der Waals surface area contributed by atoms with Gasteiger partial charge in [0, 0.05) is 5.41 Å². The summed E-state index contributed by atoms with van der Waals surface area (Å²) in [4.78, 5) is 0. The van der Waals surface area contributed by atoms with Crippen LogP contribution in [0.1, 0.15) is 96.4 Å². The van der Waals surface area contributed by atoms with E-state index in [4.69, 9.17) is 0 Å². The Balaban J connectivity index is 1.16. The lowest BCUT2D eigenvalue weighted by atomic mass is 9.71. The first-order chi connectivity index (χ1) is 26.3. The Labute approximate surface area is 322 Å². The summed E-state index contributed by atoms with van der Waals surface area (Å²) in [6, 6.07) is 59.9. The summed E-state index contributed by atoms with van der Waals surface area (Å²) in [6.07, 6.45) is 3.17. The monoisotopic (exact) mass is 698 g/mol. The van der Waals surface area contributed by atoms with Gasteiger partial charge in [-0.25, -0.2) is 0 Å². The van der Waals surface area contributed by atoms with Gasteiger partial charge in [0.25, 0.3) is 0 Å². The lowest BCUT2D eigenvalue weighted by Crippen LogP contribution is -2.17. The summed E-state index contributed by atoms with van der Waals surface area (Å²) in [7, 11) is 0. The van der Waals surface area contributed by atoms with E-state index in [0.29, 0.717) is 17.8 Å². The Kier molecular flexibility index (Phi) is 8.74. The summed E-state index contributed by atoms with van der Waals surface area (Å²) in [5.74, 6) is 1.29. The minimum atomic E-state index is -0.0432. The van der Waals surface area contributed by atoms with Crippen LogP contribution in [0.25, 0.3) is 44.5 Å². The van der Waals surface area contributed by atoms with Crippen LogP contribution in [0.3, 0.4) is 0 Å². The molecule has 0 radical (unpaired) electrons. The first-order valence-corrected chi connectivity index (χ1v) is 20.0. The van der Waals surface area contributed by atoms with Crippen molar-refractivity contribution in [3.63, 3.8) is 0 Å². The number of rotatable bonds is 8. The summed E-state index contributed by atoms with van der Waals surface area (Å²) in [5.41, 5.74) is 22.2. The third-order valence-corrected chi connectivity index (χ3v) is 13.0. The summed E-state index contributed by atoms with van der Waals surface area (Å²) >= 11 is 0. The van der Waals surface area contributed by atoms with E-state index in [1.807, 2.05) is 0 Å². The average molecular weight is 699 g/mol. The van der Waals surface area contributed by atoms with Crippen LogP contribution in [-0.4, -0.2) is 0 Å². The van der Waals surface area contributed by atoms with Crippen LogP contribution in [0.15, 0.2) is 158 Å². The molecule has 0 nitrogen and oxygen atoms in total. The van der Waals surface area contributed by atoms with E-state index >= 15 is 0 Å². The predicted octanol–water partition coefficient (Wildman–Crippen LogP) is 14.5. The van der Waals surface area contributed by atoms with Gasteiger partial charge in [0.15, 0.2) is 0 Å². The molecule has 266 valence electrons. The van der Waals surface area contributed by atoms with Gasteiger partial charge in [0.1, 0.15) is 0 Å². The van der Waals surface area contributed by atoms with Gasteiger partial charge in [0.05, 0.1) is 0 Å². The Morgan fingerprint density at radius 1 is 0.574 bits per heavy atom. The zero-order valence-corrected chi connectivity index (χ0v) is 32.4. The lowest BCUT2D eigenvalue weighted by molar-refractivity contribution is 0.568. The van der Waals surface area contributed by atoms with Crippen molar-refractivity contribution in [2.75, 3.05) is 0 Å². The van der Waals surface area contributed by atoms with Crippen molar-refractivity contribution in [3.8, 4) is 44.5 Å². The van der Waals surface area contributed by atoms with E-state index < -0.39 is 0 Å². The summed E-state index contributed by atoms with van der Waals surface area (Å²) < 4.78 is 0. The van der Waals surface area contributed by atoms with Crippen LogP contribution in [0.5, 0.6) is 0 Å². The minimum absolute atomic E-state index is 0.0432. The Morgan fingerprint density at radius 3 is 1.98 bits per heavy atom. The van der Waals surface area contributed by atoms with Crippen molar-refractivity contribution < 1.29 is 0 Å².